The first kappa shape index (κ1) is 18.4. The third-order valence-electron chi connectivity index (χ3n) is 4.75. The molecular weight excluding hydrogens is 378 g/mol. The number of fused-ring (bicyclic) bond motifs is 1. The van der Waals surface area contributed by atoms with Gasteiger partial charge in [-0.2, -0.15) is 0 Å². The number of hydrogen-bond acceptors (Lipinski definition) is 5. The number of pyridine rings is 1. The fourth-order valence-corrected chi connectivity index (χ4v) is 4.52. The molecule has 1 amide bonds. The van der Waals surface area contributed by atoms with Gasteiger partial charge in [-0.3, -0.25) is 14.5 Å². The van der Waals surface area contributed by atoms with Crippen LogP contribution in [0.15, 0.2) is 59.6 Å². The fraction of sp³-hybridized carbons (Fsp3) is 0.200. The summed E-state index contributed by atoms with van der Waals surface area (Å²) in [6, 6.07) is 13.4. The molecule has 0 bridgehead atoms. The second-order valence-corrected chi connectivity index (χ2v) is 8.48. The lowest BCUT2D eigenvalue weighted by Crippen LogP contribution is -2.53. The third kappa shape index (κ3) is 3.32. The Hall–Kier alpha value is -2.97. The van der Waals surface area contributed by atoms with Crippen molar-refractivity contribution in [2.45, 2.75) is 17.9 Å². The summed E-state index contributed by atoms with van der Waals surface area (Å²) in [7, 11) is -3.85. The monoisotopic (exact) mass is 397 g/mol. The van der Waals surface area contributed by atoms with Gasteiger partial charge < -0.3 is 10.0 Å². The van der Waals surface area contributed by atoms with Crippen LogP contribution in [0, 0.1) is 6.92 Å². The maximum absolute atomic E-state index is 12.9. The first-order chi connectivity index (χ1) is 13.3. The van der Waals surface area contributed by atoms with Gasteiger partial charge in [0.05, 0.1) is 17.3 Å². The minimum Gasteiger partial charge on any atom is -0.389 e. The van der Waals surface area contributed by atoms with Crippen molar-refractivity contribution in [3.05, 3.63) is 65.9 Å². The van der Waals surface area contributed by atoms with Gasteiger partial charge in [-0.05, 0) is 42.8 Å². The highest BCUT2D eigenvalue weighted by Gasteiger charge is 2.29. The molecule has 0 unspecified atom stereocenters. The highest BCUT2D eigenvalue weighted by atomic mass is 32.2. The van der Waals surface area contributed by atoms with Crippen LogP contribution in [-0.2, 0) is 10.0 Å². The van der Waals surface area contributed by atoms with Gasteiger partial charge >= 0.3 is 0 Å². The number of nitrogens with zero attached hydrogens (tertiary/aromatic N) is 2. The molecule has 4 rings (SSSR count). The summed E-state index contributed by atoms with van der Waals surface area (Å²) in [5.74, 6) is -0.180. The van der Waals surface area contributed by atoms with E-state index in [1.54, 1.807) is 60.5 Å². The molecule has 0 spiro atoms. The van der Waals surface area contributed by atoms with Crippen molar-refractivity contribution >= 4 is 32.5 Å². The summed E-state index contributed by atoms with van der Waals surface area (Å²) in [5.41, 5.74) is 1.88. The summed E-state index contributed by atoms with van der Waals surface area (Å²) in [6.45, 7) is 2.38. The van der Waals surface area contributed by atoms with Crippen LogP contribution < -0.4 is 4.72 Å². The van der Waals surface area contributed by atoms with E-state index in [1.807, 2.05) is 0 Å². The van der Waals surface area contributed by atoms with E-state index < -0.39 is 16.1 Å². The van der Waals surface area contributed by atoms with Crippen molar-refractivity contribution in [1.29, 1.82) is 0 Å². The minimum atomic E-state index is -3.85. The smallest absolute Gasteiger partial charge is 0.264 e. The fourth-order valence-electron chi connectivity index (χ4n) is 3.21. The van der Waals surface area contributed by atoms with E-state index in [0.717, 1.165) is 5.39 Å². The number of aliphatic hydroxyl groups is 1. The number of rotatable bonds is 4. The Balaban J connectivity index is 1.62. The number of amides is 1. The average Bonchev–Trinajstić information content (AvgIpc) is 2.66. The minimum absolute atomic E-state index is 0.0970. The van der Waals surface area contributed by atoms with Gasteiger partial charge in [0.15, 0.2) is 0 Å². The Morgan fingerprint density at radius 1 is 1.18 bits per heavy atom. The van der Waals surface area contributed by atoms with Crippen LogP contribution in [0.4, 0.5) is 5.69 Å². The lowest BCUT2D eigenvalue weighted by atomic mass is 10.1. The second kappa shape index (κ2) is 6.88. The molecule has 2 heterocycles. The van der Waals surface area contributed by atoms with Crippen molar-refractivity contribution in [3.63, 3.8) is 0 Å². The van der Waals surface area contributed by atoms with Crippen LogP contribution in [0.25, 0.3) is 10.9 Å². The zero-order valence-corrected chi connectivity index (χ0v) is 16.0. The number of benzene rings is 2. The Morgan fingerprint density at radius 2 is 1.93 bits per heavy atom. The van der Waals surface area contributed by atoms with Gasteiger partial charge in [-0.15, -0.1) is 0 Å². The maximum atomic E-state index is 12.9. The molecule has 2 aromatic carbocycles. The molecule has 1 aromatic heterocycles. The third-order valence-corrected chi connectivity index (χ3v) is 6.15. The standard InChI is InChI=1S/C20H19N3O4S/c1-13-10-15(20(25)23-11-16(24)12-23)7-8-17(13)22-28(26,27)18-6-2-4-14-5-3-9-21-19(14)18/h2-10,16,22,24H,11-12H2,1H3. The van der Waals surface area contributed by atoms with E-state index >= 15 is 0 Å². The number of aromatic nitrogens is 1. The number of sulfonamides is 1. The molecule has 3 aromatic rings. The molecule has 8 heteroatoms. The number of aryl methyl sites for hydroxylation is 1. The van der Waals surface area contributed by atoms with E-state index in [-0.39, 0.29) is 10.8 Å². The van der Waals surface area contributed by atoms with Crippen LogP contribution in [-0.4, -0.2) is 48.5 Å². The molecule has 1 fully saturated rings. The predicted molar refractivity (Wildman–Crippen MR) is 106 cm³/mol. The van der Waals surface area contributed by atoms with Crippen molar-refractivity contribution in [1.82, 2.24) is 9.88 Å². The summed E-state index contributed by atoms with van der Waals surface area (Å²) >= 11 is 0. The number of carbonyl (C=O) groups is 1. The Morgan fingerprint density at radius 3 is 2.64 bits per heavy atom. The lowest BCUT2D eigenvalue weighted by Gasteiger charge is -2.36. The Labute approximate surface area is 162 Å². The maximum Gasteiger partial charge on any atom is 0.264 e. The van der Waals surface area contributed by atoms with Gasteiger partial charge in [0.2, 0.25) is 0 Å². The van der Waals surface area contributed by atoms with Gasteiger partial charge in [-0.25, -0.2) is 8.42 Å². The molecule has 0 radical (unpaired) electrons. The zero-order chi connectivity index (χ0) is 19.9. The summed E-state index contributed by atoms with van der Waals surface area (Å²) in [6.07, 6.45) is 1.09. The van der Waals surface area contributed by atoms with Crippen molar-refractivity contribution in [2.24, 2.45) is 0 Å². The molecule has 0 saturated carbocycles. The normalized spacial score (nSPS) is 14.7. The number of aliphatic hydroxyl groups excluding tert-OH is 1. The van der Waals surface area contributed by atoms with E-state index in [1.165, 1.54) is 6.07 Å². The van der Waals surface area contributed by atoms with Crippen LogP contribution >= 0.6 is 0 Å². The predicted octanol–water partition coefficient (Wildman–Crippen LogP) is 2.16. The molecule has 28 heavy (non-hydrogen) atoms. The molecule has 1 saturated heterocycles. The van der Waals surface area contributed by atoms with Crippen LogP contribution in [0.5, 0.6) is 0 Å². The van der Waals surface area contributed by atoms with Crippen molar-refractivity contribution < 1.29 is 18.3 Å². The van der Waals surface area contributed by atoms with E-state index in [2.05, 4.69) is 9.71 Å². The molecule has 2 N–H and O–H groups in total. The molecule has 0 atom stereocenters. The van der Waals surface area contributed by atoms with Crippen LogP contribution in [0.1, 0.15) is 15.9 Å². The Kier molecular flexibility index (Phi) is 4.52. The van der Waals surface area contributed by atoms with Gasteiger partial charge in [0, 0.05) is 30.2 Å². The molecule has 0 aliphatic carbocycles. The number of β-amino-alcohol motifs (C(OH)–C–C–N with tert-alkyl or cyclic N) is 1. The largest absolute Gasteiger partial charge is 0.389 e. The highest BCUT2D eigenvalue weighted by Crippen LogP contribution is 2.26. The number of anilines is 1. The zero-order valence-electron chi connectivity index (χ0n) is 15.2. The molecule has 144 valence electrons. The van der Waals surface area contributed by atoms with Crippen LogP contribution in [0.3, 0.4) is 0 Å². The van der Waals surface area contributed by atoms with E-state index in [9.17, 15) is 18.3 Å². The Bertz CT molecular complexity index is 1170. The summed E-state index contributed by atoms with van der Waals surface area (Å²) < 4.78 is 28.5. The van der Waals surface area contributed by atoms with Gasteiger partial charge in [-0.1, -0.05) is 18.2 Å². The topological polar surface area (TPSA) is 99.6 Å². The average molecular weight is 397 g/mol. The molecular formula is C20H19N3O4S. The number of carbonyl (C=O) groups excluding carboxylic acids is 1. The summed E-state index contributed by atoms with van der Waals surface area (Å²) in [4.78, 5) is 18.2. The molecule has 1 aliphatic rings. The number of nitrogens with one attached hydrogen (secondary N) is 1. The van der Waals surface area contributed by atoms with Gasteiger partial charge in [0.1, 0.15) is 4.90 Å². The van der Waals surface area contributed by atoms with Crippen molar-refractivity contribution in [3.8, 4) is 0 Å². The lowest BCUT2D eigenvalue weighted by molar-refractivity contribution is 0.00589. The molecule has 1 aliphatic heterocycles. The second-order valence-electron chi connectivity index (χ2n) is 6.83. The van der Waals surface area contributed by atoms with Crippen molar-refractivity contribution in [2.75, 3.05) is 17.8 Å². The number of hydrogen-bond donors (Lipinski definition) is 2. The highest BCUT2D eigenvalue weighted by molar-refractivity contribution is 7.93. The SMILES string of the molecule is Cc1cc(C(=O)N2CC(O)C2)ccc1NS(=O)(=O)c1cccc2cccnc12. The summed E-state index contributed by atoms with van der Waals surface area (Å²) in [5, 5.41) is 10.1. The first-order valence-corrected chi connectivity index (χ1v) is 10.3. The molecule has 7 nitrogen and oxygen atoms in total. The first-order valence-electron chi connectivity index (χ1n) is 8.80. The number of para-hydroxylation sites is 1. The van der Waals surface area contributed by atoms with Gasteiger partial charge in [0.25, 0.3) is 15.9 Å². The van der Waals surface area contributed by atoms with E-state index in [4.69, 9.17) is 0 Å². The number of likely N-dealkylation sites (tertiary alicyclic amines) is 1. The van der Waals surface area contributed by atoms with Crippen LogP contribution in [0.2, 0.25) is 0 Å². The van der Waals surface area contributed by atoms with E-state index in [0.29, 0.717) is 35.4 Å². The quantitative estimate of drug-likeness (QED) is 0.703.